The summed E-state index contributed by atoms with van der Waals surface area (Å²) in [6.45, 7) is 4.15. The van der Waals surface area contributed by atoms with E-state index in [4.69, 9.17) is 4.74 Å². The Labute approximate surface area is 83.3 Å². The summed E-state index contributed by atoms with van der Waals surface area (Å²) >= 11 is 0. The fourth-order valence-electron chi connectivity index (χ4n) is 1.09. The van der Waals surface area contributed by atoms with Gasteiger partial charge in [0.25, 0.3) is 0 Å². The first-order chi connectivity index (χ1) is 6.65. The van der Waals surface area contributed by atoms with Crippen molar-refractivity contribution in [2.75, 3.05) is 6.61 Å². The maximum atomic E-state index is 11.4. The average molecular weight is 194 g/mol. The second-order valence-corrected chi connectivity index (χ2v) is 3.16. The van der Waals surface area contributed by atoms with Crippen LogP contribution in [-0.2, 0) is 4.74 Å². The molecular weight excluding hydrogens is 180 g/mol. The molecule has 0 fully saturated rings. The lowest BCUT2D eigenvalue weighted by molar-refractivity contribution is 0.0502. The van der Waals surface area contributed by atoms with Gasteiger partial charge in [0.05, 0.1) is 6.61 Å². The predicted octanol–water partition coefficient (Wildman–Crippen LogP) is 2.27. The van der Waals surface area contributed by atoms with Crippen LogP contribution < -0.4 is 0 Å². The number of aryl methyl sites for hydroxylation is 1. The molecule has 0 aromatic heterocycles. The average Bonchev–Trinajstić information content (AvgIpc) is 2.14. The largest absolute Gasteiger partial charge is 0.507 e. The van der Waals surface area contributed by atoms with E-state index in [1.807, 2.05) is 13.8 Å². The van der Waals surface area contributed by atoms with Crippen LogP contribution in [0.1, 0.15) is 29.3 Å². The number of benzene rings is 1. The molecule has 76 valence electrons. The molecular formula is C11H14O3. The molecule has 3 heteroatoms. The van der Waals surface area contributed by atoms with Crippen LogP contribution in [-0.4, -0.2) is 17.7 Å². The summed E-state index contributed by atoms with van der Waals surface area (Å²) in [5.74, 6) is -0.490. The van der Waals surface area contributed by atoms with E-state index < -0.39 is 5.97 Å². The first-order valence-electron chi connectivity index (χ1n) is 4.62. The van der Waals surface area contributed by atoms with Crippen LogP contribution in [0, 0.1) is 6.92 Å². The standard InChI is InChI=1S/C11H14O3/c1-3-6-14-11(13)9-5-4-8(2)7-10(9)12/h4-5,7,12H,3,6H2,1-2H3. The van der Waals surface area contributed by atoms with Gasteiger partial charge in [-0.15, -0.1) is 0 Å². The molecule has 0 spiro atoms. The third kappa shape index (κ3) is 2.49. The number of esters is 1. The lowest BCUT2D eigenvalue weighted by Gasteiger charge is -2.05. The molecule has 1 aromatic carbocycles. The third-order valence-electron chi connectivity index (χ3n) is 1.81. The number of hydrogen-bond acceptors (Lipinski definition) is 3. The summed E-state index contributed by atoms with van der Waals surface area (Å²) in [6.07, 6.45) is 0.776. The van der Waals surface area contributed by atoms with Crippen LogP contribution in [0.25, 0.3) is 0 Å². The number of carbonyl (C=O) groups is 1. The Kier molecular flexibility index (Phi) is 3.51. The molecule has 0 aliphatic heterocycles. The summed E-state index contributed by atoms with van der Waals surface area (Å²) in [5.41, 5.74) is 1.14. The van der Waals surface area contributed by atoms with Gasteiger partial charge in [-0.3, -0.25) is 0 Å². The molecule has 0 atom stereocenters. The number of rotatable bonds is 3. The van der Waals surface area contributed by atoms with Crippen molar-refractivity contribution in [1.29, 1.82) is 0 Å². The van der Waals surface area contributed by atoms with Gasteiger partial charge in [-0.05, 0) is 31.0 Å². The van der Waals surface area contributed by atoms with Gasteiger partial charge in [-0.1, -0.05) is 13.0 Å². The minimum absolute atomic E-state index is 0.0221. The van der Waals surface area contributed by atoms with Crippen LogP contribution in [0.3, 0.4) is 0 Å². The van der Waals surface area contributed by atoms with Crippen molar-refractivity contribution in [1.82, 2.24) is 0 Å². The lowest BCUT2D eigenvalue weighted by atomic mass is 10.1. The molecule has 1 N–H and O–H groups in total. The molecule has 1 rings (SSSR count). The molecule has 1 aromatic rings. The fourth-order valence-corrected chi connectivity index (χ4v) is 1.09. The molecule has 0 heterocycles. The zero-order valence-corrected chi connectivity index (χ0v) is 8.41. The van der Waals surface area contributed by atoms with E-state index in [0.29, 0.717) is 6.61 Å². The van der Waals surface area contributed by atoms with Crippen LogP contribution in [0.4, 0.5) is 0 Å². The second kappa shape index (κ2) is 4.65. The highest BCUT2D eigenvalue weighted by molar-refractivity contribution is 5.92. The van der Waals surface area contributed by atoms with Gasteiger partial charge in [-0.2, -0.15) is 0 Å². The maximum Gasteiger partial charge on any atom is 0.341 e. The molecule has 0 radical (unpaired) electrons. The number of phenols is 1. The molecule has 0 unspecified atom stereocenters. The Morgan fingerprint density at radius 1 is 1.50 bits per heavy atom. The Morgan fingerprint density at radius 2 is 2.21 bits per heavy atom. The van der Waals surface area contributed by atoms with E-state index in [-0.39, 0.29) is 11.3 Å². The van der Waals surface area contributed by atoms with E-state index >= 15 is 0 Å². The Morgan fingerprint density at radius 3 is 2.79 bits per heavy atom. The van der Waals surface area contributed by atoms with Crippen molar-refractivity contribution in [2.45, 2.75) is 20.3 Å². The summed E-state index contributed by atoms with van der Waals surface area (Å²) < 4.78 is 4.90. The fraction of sp³-hybridized carbons (Fsp3) is 0.364. The van der Waals surface area contributed by atoms with E-state index in [1.165, 1.54) is 0 Å². The molecule has 0 amide bonds. The Bertz CT molecular complexity index is 331. The van der Waals surface area contributed by atoms with Gasteiger partial charge in [0.15, 0.2) is 0 Å². The van der Waals surface area contributed by atoms with Crippen LogP contribution in [0.2, 0.25) is 0 Å². The molecule has 14 heavy (non-hydrogen) atoms. The van der Waals surface area contributed by atoms with E-state index in [1.54, 1.807) is 18.2 Å². The number of hydrogen-bond donors (Lipinski definition) is 1. The molecule has 0 saturated heterocycles. The van der Waals surface area contributed by atoms with Gasteiger partial charge in [0.1, 0.15) is 11.3 Å². The molecule has 0 saturated carbocycles. The highest BCUT2D eigenvalue weighted by atomic mass is 16.5. The minimum atomic E-state index is -0.468. The van der Waals surface area contributed by atoms with Gasteiger partial charge < -0.3 is 9.84 Å². The maximum absolute atomic E-state index is 11.4. The van der Waals surface area contributed by atoms with Crippen LogP contribution in [0.15, 0.2) is 18.2 Å². The van der Waals surface area contributed by atoms with E-state index in [9.17, 15) is 9.90 Å². The van der Waals surface area contributed by atoms with Crippen molar-refractivity contribution in [2.24, 2.45) is 0 Å². The van der Waals surface area contributed by atoms with Crippen molar-refractivity contribution in [3.63, 3.8) is 0 Å². The minimum Gasteiger partial charge on any atom is -0.507 e. The smallest absolute Gasteiger partial charge is 0.341 e. The van der Waals surface area contributed by atoms with Crippen LogP contribution >= 0.6 is 0 Å². The molecule has 0 aliphatic rings. The van der Waals surface area contributed by atoms with E-state index in [0.717, 1.165) is 12.0 Å². The Hall–Kier alpha value is -1.51. The lowest BCUT2D eigenvalue weighted by Crippen LogP contribution is -2.06. The van der Waals surface area contributed by atoms with E-state index in [2.05, 4.69) is 0 Å². The Balaban J connectivity index is 2.80. The highest BCUT2D eigenvalue weighted by Crippen LogP contribution is 2.19. The molecule has 3 nitrogen and oxygen atoms in total. The van der Waals surface area contributed by atoms with Gasteiger partial charge in [0, 0.05) is 0 Å². The number of carbonyl (C=O) groups excluding carboxylic acids is 1. The zero-order chi connectivity index (χ0) is 10.6. The zero-order valence-electron chi connectivity index (χ0n) is 8.41. The topological polar surface area (TPSA) is 46.5 Å². The highest BCUT2D eigenvalue weighted by Gasteiger charge is 2.11. The quantitative estimate of drug-likeness (QED) is 0.751. The summed E-state index contributed by atoms with van der Waals surface area (Å²) in [4.78, 5) is 11.4. The van der Waals surface area contributed by atoms with Crippen molar-refractivity contribution in [3.8, 4) is 5.75 Å². The van der Waals surface area contributed by atoms with Gasteiger partial charge >= 0.3 is 5.97 Å². The second-order valence-electron chi connectivity index (χ2n) is 3.16. The summed E-state index contributed by atoms with van der Waals surface area (Å²) in [5, 5.41) is 9.46. The molecule has 0 aliphatic carbocycles. The first-order valence-corrected chi connectivity index (χ1v) is 4.62. The van der Waals surface area contributed by atoms with Crippen molar-refractivity contribution < 1.29 is 14.6 Å². The van der Waals surface area contributed by atoms with Crippen LogP contribution in [0.5, 0.6) is 5.75 Å². The third-order valence-corrected chi connectivity index (χ3v) is 1.81. The number of phenolic OH excluding ortho intramolecular Hbond substituents is 1. The monoisotopic (exact) mass is 194 g/mol. The summed E-state index contributed by atoms with van der Waals surface area (Å²) in [6, 6.07) is 4.88. The number of ether oxygens (including phenoxy) is 1. The SMILES string of the molecule is CCCOC(=O)c1ccc(C)cc1O. The van der Waals surface area contributed by atoms with Crippen molar-refractivity contribution >= 4 is 5.97 Å². The first kappa shape index (κ1) is 10.6. The molecule has 0 bridgehead atoms. The van der Waals surface area contributed by atoms with Gasteiger partial charge in [-0.25, -0.2) is 4.79 Å². The number of aromatic hydroxyl groups is 1. The van der Waals surface area contributed by atoms with Gasteiger partial charge in [0.2, 0.25) is 0 Å². The predicted molar refractivity (Wildman–Crippen MR) is 53.4 cm³/mol. The summed E-state index contributed by atoms with van der Waals surface area (Å²) in [7, 11) is 0. The van der Waals surface area contributed by atoms with Crippen molar-refractivity contribution in [3.05, 3.63) is 29.3 Å². The normalized spacial score (nSPS) is 9.86.